The van der Waals surface area contributed by atoms with E-state index in [1.54, 1.807) is 9.80 Å². The van der Waals surface area contributed by atoms with Crippen molar-refractivity contribution in [3.8, 4) is 5.75 Å². The lowest BCUT2D eigenvalue weighted by Gasteiger charge is -2.35. The SMILES string of the molecule is CCCCOC(=O)N1CCN(C(=O)CNC(=O)c2cc(OCC(=O)N3CCN(CC(C)C)CC3)c3ccc(C)cc3n2)CC1. The zero-order valence-electron chi connectivity index (χ0n) is 26.5. The van der Waals surface area contributed by atoms with Crippen LogP contribution in [0.5, 0.6) is 5.75 Å². The van der Waals surface area contributed by atoms with Crippen LogP contribution in [0.15, 0.2) is 24.3 Å². The first kappa shape index (κ1) is 33.0. The zero-order chi connectivity index (χ0) is 31.6. The van der Waals surface area contributed by atoms with Gasteiger partial charge in [0.25, 0.3) is 11.8 Å². The summed E-state index contributed by atoms with van der Waals surface area (Å²) in [6.07, 6.45) is 1.40. The van der Waals surface area contributed by atoms with Crippen LogP contribution in [0, 0.1) is 12.8 Å². The fourth-order valence-electron chi connectivity index (χ4n) is 5.36. The van der Waals surface area contributed by atoms with E-state index in [1.807, 2.05) is 36.9 Å². The van der Waals surface area contributed by atoms with Crippen LogP contribution in [-0.2, 0) is 14.3 Å². The Labute approximate surface area is 259 Å². The number of carbonyl (C=O) groups excluding carboxylic acids is 4. The topological polar surface area (TPSA) is 125 Å². The highest BCUT2D eigenvalue weighted by molar-refractivity contribution is 5.98. The maximum absolute atomic E-state index is 13.1. The van der Waals surface area contributed by atoms with Crippen molar-refractivity contribution in [1.82, 2.24) is 29.9 Å². The number of rotatable bonds is 11. The number of hydrogen-bond donors (Lipinski definition) is 1. The van der Waals surface area contributed by atoms with E-state index in [4.69, 9.17) is 9.47 Å². The van der Waals surface area contributed by atoms with Gasteiger partial charge in [-0.25, -0.2) is 9.78 Å². The summed E-state index contributed by atoms with van der Waals surface area (Å²) in [5.74, 6) is 0.108. The molecule has 4 rings (SSSR count). The first-order valence-electron chi connectivity index (χ1n) is 15.7. The molecule has 0 saturated carbocycles. The van der Waals surface area contributed by atoms with Crippen molar-refractivity contribution in [2.24, 2.45) is 5.92 Å². The van der Waals surface area contributed by atoms with E-state index in [0.29, 0.717) is 68.4 Å². The van der Waals surface area contributed by atoms with Crippen LogP contribution in [0.3, 0.4) is 0 Å². The fraction of sp³-hybridized carbons (Fsp3) is 0.594. The quantitative estimate of drug-likeness (QED) is 0.385. The molecule has 1 aromatic heterocycles. The van der Waals surface area contributed by atoms with Gasteiger partial charge in [-0.1, -0.05) is 33.3 Å². The number of unbranched alkanes of at least 4 members (excludes halogenated alkanes) is 1. The van der Waals surface area contributed by atoms with Crippen LogP contribution >= 0.6 is 0 Å². The van der Waals surface area contributed by atoms with E-state index in [9.17, 15) is 19.2 Å². The molecule has 2 saturated heterocycles. The van der Waals surface area contributed by atoms with Gasteiger partial charge in [0.05, 0.1) is 18.7 Å². The molecular formula is C32H46N6O6. The van der Waals surface area contributed by atoms with Crippen molar-refractivity contribution in [3.63, 3.8) is 0 Å². The van der Waals surface area contributed by atoms with E-state index in [-0.39, 0.29) is 36.8 Å². The van der Waals surface area contributed by atoms with Crippen molar-refractivity contribution in [2.45, 2.75) is 40.5 Å². The second-order valence-electron chi connectivity index (χ2n) is 11.9. The average molecular weight is 611 g/mol. The molecule has 12 nitrogen and oxygen atoms in total. The highest BCUT2D eigenvalue weighted by Gasteiger charge is 2.26. The molecule has 12 heteroatoms. The van der Waals surface area contributed by atoms with E-state index < -0.39 is 5.91 Å². The highest BCUT2D eigenvalue weighted by Crippen LogP contribution is 2.27. The van der Waals surface area contributed by atoms with Crippen molar-refractivity contribution >= 4 is 34.7 Å². The van der Waals surface area contributed by atoms with Gasteiger partial charge in [0.2, 0.25) is 5.91 Å². The normalized spacial score (nSPS) is 15.9. The molecule has 2 fully saturated rings. The number of hydrogen-bond acceptors (Lipinski definition) is 8. The predicted molar refractivity (Wildman–Crippen MR) is 167 cm³/mol. The third-order valence-corrected chi connectivity index (χ3v) is 7.87. The van der Waals surface area contributed by atoms with Crippen LogP contribution in [0.2, 0.25) is 0 Å². The number of pyridine rings is 1. The molecule has 0 radical (unpaired) electrons. The Balaban J connectivity index is 1.32. The van der Waals surface area contributed by atoms with Gasteiger partial charge in [0, 0.05) is 70.4 Å². The Morgan fingerprint density at radius 1 is 0.909 bits per heavy atom. The van der Waals surface area contributed by atoms with Crippen LogP contribution in [-0.4, -0.2) is 127 Å². The average Bonchev–Trinajstić information content (AvgIpc) is 3.02. The Morgan fingerprint density at radius 3 is 2.25 bits per heavy atom. The number of nitrogens with zero attached hydrogens (tertiary/aromatic N) is 5. The summed E-state index contributed by atoms with van der Waals surface area (Å²) in [6.45, 7) is 13.9. The van der Waals surface area contributed by atoms with Gasteiger partial charge < -0.3 is 29.5 Å². The summed E-state index contributed by atoms with van der Waals surface area (Å²) in [5.41, 5.74) is 1.63. The second-order valence-corrected chi connectivity index (χ2v) is 11.9. The number of benzene rings is 1. The molecule has 1 aromatic carbocycles. The highest BCUT2D eigenvalue weighted by atomic mass is 16.6. The van der Waals surface area contributed by atoms with E-state index in [1.165, 1.54) is 6.07 Å². The van der Waals surface area contributed by atoms with Crippen molar-refractivity contribution < 1.29 is 28.7 Å². The molecule has 0 bridgehead atoms. The molecule has 44 heavy (non-hydrogen) atoms. The first-order chi connectivity index (χ1) is 21.1. The summed E-state index contributed by atoms with van der Waals surface area (Å²) >= 11 is 0. The summed E-state index contributed by atoms with van der Waals surface area (Å²) in [5, 5.41) is 3.37. The number of aromatic nitrogens is 1. The molecule has 4 amide bonds. The molecule has 1 N–H and O–H groups in total. The third kappa shape index (κ3) is 9.04. The first-order valence-corrected chi connectivity index (χ1v) is 15.7. The van der Waals surface area contributed by atoms with Crippen molar-refractivity contribution in [1.29, 1.82) is 0 Å². The number of nitrogens with one attached hydrogen (secondary N) is 1. The fourth-order valence-corrected chi connectivity index (χ4v) is 5.36. The maximum Gasteiger partial charge on any atom is 0.409 e. The lowest BCUT2D eigenvalue weighted by atomic mass is 10.1. The standard InChI is InChI=1S/C32H46N6O6/c1-5-6-17-43-32(42)38-15-13-36(14-16-38)29(39)20-33-31(41)27-19-28(25-8-7-24(4)18-26(25)34-27)44-22-30(40)37-11-9-35(10-12-37)21-23(2)3/h7-8,18-19,23H,5-6,9-17,20-22H2,1-4H3,(H,33,41). The summed E-state index contributed by atoms with van der Waals surface area (Å²) in [4.78, 5) is 63.0. The monoisotopic (exact) mass is 610 g/mol. The van der Waals surface area contributed by atoms with Gasteiger partial charge in [0.1, 0.15) is 11.4 Å². The Bertz CT molecular complexity index is 1320. The smallest absolute Gasteiger partial charge is 0.409 e. The number of fused-ring (bicyclic) bond motifs is 1. The molecule has 2 aromatic rings. The van der Waals surface area contributed by atoms with Gasteiger partial charge in [-0.05, 0) is 37.0 Å². The van der Waals surface area contributed by atoms with Crippen LogP contribution in [0.25, 0.3) is 10.9 Å². The number of amides is 4. The summed E-state index contributed by atoms with van der Waals surface area (Å²) in [6, 6.07) is 7.17. The number of ether oxygens (including phenoxy) is 2. The minimum atomic E-state index is -0.516. The number of aryl methyl sites for hydroxylation is 1. The molecule has 0 aliphatic carbocycles. The van der Waals surface area contributed by atoms with E-state index in [0.717, 1.165) is 38.0 Å². The van der Waals surface area contributed by atoms with Crippen molar-refractivity contribution in [2.75, 3.05) is 78.7 Å². The molecule has 3 heterocycles. The van der Waals surface area contributed by atoms with Crippen molar-refractivity contribution in [3.05, 3.63) is 35.5 Å². The Hall–Kier alpha value is -3.93. The molecule has 0 unspecified atom stereocenters. The second kappa shape index (κ2) is 15.7. The largest absolute Gasteiger partial charge is 0.483 e. The molecule has 0 atom stereocenters. The van der Waals surface area contributed by atoms with Gasteiger partial charge in [-0.2, -0.15) is 0 Å². The summed E-state index contributed by atoms with van der Waals surface area (Å²) < 4.78 is 11.3. The zero-order valence-corrected chi connectivity index (χ0v) is 26.5. The number of piperazine rings is 2. The molecule has 2 aliphatic heterocycles. The van der Waals surface area contributed by atoms with E-state index >= 15 is 0 Å². The lowest BCUT2D eigenvalue weighted by Crippen LogP contribution is -2.52. The molecular weight excluding hydrogens is 564 g/mol. The van der Waals surface area contributed by atoms with Gasteiger partial charge >= 0.3 is 6.09 Å². The lowest BCUT2D eigenvalue weighted by molar-refractivity contribution is -0.135. The third-order valence-electron chi connectivity index (χ3n) is 7.87. The van der Waals surface area contributed by atoms with Crippen LogP contribution in [0.1, 0.15) is 49.7 Å². The molecule has 240 valence electrons. The van der Waals surface area contributed by atoms with E-state index in [2.05, 4.69) is 29.0 Å². The van der Waals surface area contributed by atoms with Crippen LogP contribution < -0.4 is 10.1 Å². The van der Waals surface area contributed by atoms with Gasteiger partial charge in [-0.15, -0.1) is 0 Å². The minimum absolute atomic E-state index is 0.0975. The maximum atomic E-state index is 13.1. The van der Waals surface area contributed by atoms with Gasteiger partial charge in [0.15, 0.2) is 6.61 Å². The molecule has 0 spiro atoms. The van der Waals surface area contributed by atoms with Gasteiger partial charge in [-0.3, -0.25) is 19.3 Å². The Morgan fingerprint density at radius 2 is 1.57 bits per heavy atom. The molecule has 2 aliphatic rings. The minimum Gasteiger partial charge on any atom is -0.483 e. The summed E-state index contributed by atoms with van der Waals surface area (Å²) in [7, 11) is 0. The predicted octanol–water partition coefficient (Wildman–Crippen LogP) is 2.53. The Kier molecular flexibility index (Phi) is 11.8. The van der Waals surface area contributed by atoms with Crippen LogP contribution in [0.4, 0.5) is 4.79 Å². The number of carbonyl (C=O) groups is 4.